The predicted octanol–water partition coefficient (Wildman–Crippen LogP) is -0.886. The number of hydrogen-bond donors (Lipinski definition) is 0. The molecule has 0 aliphatic rings. The summed E-state index contributed by atoms with van der Waals surface area (Å²) in [6.07, 6.45) is 0. The SMILES string of the molecule is [O]=[InH].[O]=[Yb]. The fraction of sp³-hybridized carbons (Fsp3) is 0. The van der Waals surface area contributed by atoms with E-state index in [1.54, 1.807) is 0 Å². The second-order valence-electron chi connectivity index (χ2n) is 0. The van der Waals surface area contributed by atoms with Crippen LogP contribution in [0.1, 0.15) is 0 Å². The maximum absolute atomic E-state index is 8.42. The van der Waals surface area contributed by atoms with Gasteiger partial charge in [0.05, 0.1) is 0 Å². The molecule has 0 spiro atoms. The summed E-state index contributed by atoms with van der Waals surface area (Å²) in [6.45, 7) is 0. The Bertz CT molecular complexity index is 8.00. The van der Waals surface area contributed by atoms with Gasteiger partial charge in [-0.2, -0.15) is 0 Å². The van der Waals surface area contributed by atoms with Crippen molar-refractivity contribution in [1.82, 2.24) is 0 Å². The van der Waals surface area contributed by atoms with Crippen molar-refractivity contribution in [3.05, 3.63) is 0 Å². The molecule has 0 radical (unpaired) electrons. The van der Waals surface area contributed by atoms with Gasteiger partial charge >= 0.3 is 72.3 Å². The Morgan fingerprint density at radius 3 is 1.25 bits per heavy atom. The standard InChI is InChI=1S/In.2O.Yb.H. The summed E-state index contributed by atoms with van der Waals surface area (Å²) >= 11 is 1.34. The maximum atomic E-state index is 8.42. The van der Waals surface area contributed by atoms with E-state index >= 15 is 0 Å². The van der Waals surface area contributed by atoms with Gasteiger partial charge in [0, 0.05) is 0 Å². The topological polar surface area (TPSA) is 34.1 Å². The summed E-state index contributed by atoms with van der Waals surface area (Å²) in [5, 5.41) is 0. The van der Waals surface area contributed by atoms with Gasteiger partial charge in [-0.1, -0.05) is 0 Å². The Labute approximate surface area is 70.6 Å². The molecule has 0 rings (SSSR count). The predicted molar refractivity (Wildman–Crippen MR) is 8.52 cm³/mol. The van der Waals surface area contributed by atoms with Crippen LogP contribution in [-0.2, 0) is 3.14 Å². The van der Waals surface area contributed by atoms with E-state index < -0.39 is 0 Å². The van der Waals surface area contributed by atoms with E-state index in [1.807, 2.05) is 0 Å². The average Bonchev–Trinajstić information content (AvgIpc) is 1.50. The van der Waals surface area contributed by atoms with Gasteiger partial charge in [0.25, 0.3) is 0 Å². The summed E-state index contributed by atoms with van der Waals surface area (Å²) in [5.74, 6) is 0. The molecule has 4 heteroatoms. The van der Waals surface area contributed by atoms with Gasteiger partial charge < -0.3 is 0 Å². The van der Waals surface area contributed by atoms with E-state index in [0.717, 1.165) is 0 Å². The van der Waals surface area contributed by atoms with Crippen molar-refractivity contribution < 1.29 is 47.9 Å². The van der Waals surface area contributed by atoms with Crippen molar-refractivity contribution in [1.29, 1.82) is 0 Å². The van der Waals surface area contributed by atoms with Crippen LogP contribution in [0.15, 0.2) is 0 Å². The number of rotatable bonds is 0. The second kappa shape index (κ2) is 20.1. The van der Waals surface area contributed by atoms with E-state index in [2.05, 4.69) is 0 Å². The van der Waals surface area contributed by atoms with Crippen molar-refractivity contribution in [3.8, 4) is 0 Å². The van der Waals surface area contributed by atoms with Crippen LogP contribution < -0.4 is 0 Å². The third kappa shape index (κ3) is 9.01. The molecule has 0 amide bonds. The Hall–Kier alpha value is 1.99. The molecule has 0 atom stereocenters. The molecule has 0 aromatic carbocycles. The summed E-state index contributed by atoms with van der Waals surface area (Å²) in [7, 11) is 0. The first-order valence-corrected chi connectivity index (χ1v) is 2.75. The summed E-state index contributed by atoms with van der Waals surface area (Å²) in [5.41, 5.74) is 0. The van der Waals surface area contributed by atoms with E-state index in [1.165, 1.54) is 44.8 Å². The van der Waals surface area contributed by atoms with Crippen LogP contribution in [0.3, 0.4) is 0 Å². The van der Waals surface area contributed by atoms with Crippen molar-refractivity contribution in [2.45, 2.75) is 0 Å². The molecule has 0 aliphatic heterocycles. The van der Waals surface area contributed by atoms with Gasteiger partial charge in [-0.25, -0.2) is 0 Å². The van der Waals surface area contributed by atoms with Gasteiger partial charge in [-0.3, -0.25) is 0 Å². The molecular formula is HInO2Yb. The fourth-order valence-corrected chi connectivity index (χ4v) is 0. The number of hydrogen-bond acceptors (Lipinski definition) is 2. The normalized spacial score (nSPS) is 2.25. The van der Waals surface area contributed by atoms with Crippen molar-refractivity contribution >= 4 is 24.4 Å². The van der Waals surface area contributed by atoms with Gasteiger partial charge in [-0.15, -0.1) is 0 Å². The van der Waals surface area contributed by atoms with Gasteiger partial charge in [0.15, 0.2) is 0 Å². The van der Waals surface area contributed by atoms with Gasteiger partial charge in [0.1, 0.15) is 0 Å². The zero-order valence-electron chi connectivity index (χ0n) is 1.79. The minimum absolute atomic E-state index is 0.1000. The molecule has 4 heavy (non-hydrogen) atoms. The molecular weight excluding hydrogens is 320 g/mol. The molecule has 0 saturated carbocycles. The first-order chi connectivity index (χ1) is 2.00. The van der Waals surface area contributed by atoms with Crippen LogP contribution in [0.5, 0.6) is 0 Å². The Kier molecular flexibility index (Phi) is 47.0. The molecule has 0 heterocycles. The van der Waals surface area contributed by atoms with Gasteiger partial charge in [0.2, 0.25) is 0 Å². The monoisotopic (exact) mass is 322 g/mol. The van der Waals surface area contributed by atoms with E-state index in [0.29, 0.717) is 0 Å². The van der Waals surface area contributed by atoms with Crippen LogP contribution in [-0.4, -0.2) is 24.4 Å². The summed E-state index contributed by atoms with van der Waals surface area (Å²) in [4.78, 5) is 0. The molecule has 0 aromatic heterocycles. The summed E-state index contributed by atoms with van der Waals surface area (Å²) in [6, 6.07) is 0. The first-order valence-electron chi connectivity index (χ1n) is 0.398. The second-order valence-corrected chi connectivity index (χ2v) is 0. The molecule has 30 valence electrons. The molecule has 0 bridgehead atoms. The summed E-state index contributed by atoms with van der Waals surface area (Å²) < 4.78 is 16.5. The molecule has 0 aromatic rings. The van der Waals surface area contributed by atoms with Crippen LogP contribution in [0, 0.1) is 44.8 Å². The molecule has 0 unspecified atom stereocenters. The van der Waals surface area contributed by atoms with Crippen LogP contribution in [0.4, 0.5) is 0 Å². The Balaban J connectivity index is 0. The molecule has 0 N–H and O–H groups in total. The van der Waals surface area contributed by atoms with Gasteiger partial charge in [-0.05, 0) is 0 Å². The van der Waals surface area contributed by atoms with E-state index in [-0.39, 0.29) is 24.4 Å². The Morgan fingerprint density at radius 1 is 1.25 bits per heavy atom. The third-order valence-corrected chi connectivity index (χ3v) is 0. The zero-order valence-corrected chi connectivity index (χ0v) is 7.54. The first kappa shape index (κ1) is 9.37. The zero-order chi connectivity index (χ0) is 4.00. The van der Waals surface area contributed by atoms with Crippen molar-refractivity contribution in [3.63, 3.8) is 0 Å². The molecule has 2 nitrogen and oxygen atoms in total. The average molecular weight is 321 g/mol. The molecule has 0 aliphatic carbocycles. The Morgan fingerprint density at radius 2 is 1.25 bits per heavy atom. The van der Waals surface area contributed by atoms with Crippen molar-refractivity contribution in [2.24, 2.45) is 0 Å². The molecule has 0 fully saturated rings. The third-order valence-electron chi connectivity index (χ3n) is 0. The van der Waals surface area contributed by atoms with E-state index in [9.17, 15) is 0 Å². The van der Waals surface area contributed by atoms with Crippen molar-refractivity contribution in [2.75, 3.05) is 0 Å². The molecule has 0 saturated heterocycles. The quantitative estimate of drug-likeness (QED) is 0.580. The van der Waals surface area contributed by atoms with Crippen LogP contribution in [0.25, 0.3) is 0 Å². The fourth-order valence-electron chi connectivity index (χ4n) is 0. The van der Waals surface area contributed by atoms with Crippen LogP contribution in [0.2, 0.25) is 0 Å². The van der Waals surface area contributed by atoms with E-state index in [4.69, 9.17) is 3.14 Å². The van der Waals surface area contributed by atoms with Crippen LogP contribution >= 0.6 is 0 Å². The minimum atomic E-state index is -0.1000.